The topological polar surface area (TPSA) is 49.7 Å². The quantitative estimate of drug-likeness (QED) is 0.754. The fourth-order valence-corrected chi connectivity index (χ4v) is 7.21. The molecule has 0 saturated heterocycles. The Morgan fingerprint density at radius 2 is 2.08 bits per heavy atom. The summed E-state index contributed by atoms with van der Waals surface area (Å²) in [6.45, 7) is 4.55. The molecule has 7 atom stereocenters. The fraction of sp³-hybridized carbons (Fsp3) is 0.727. The molecule has 5 rings (SSSR count). The Labute approximate surface area is 150 Å². The lowest BCUT2D eigenvalue weighted by Crippen LogP contribution is -2.55. The minimum atomic E-state index is -0.884. The third-order valence-electron chi connectivity index (χ3n) is 8.78. The van der Waals surface area contributed by atoms with Crippen LogP contribution in [-0.2, 0) is 4.74 Å². The number of rotatable bonds is 2. The van der Waals surface area contributed by atoms with Crippen molar-refractivity contribution in [2.24, 2.45) is 34.5 Å². The molecular weight excluding hydrogens is 312 g/mol. The van der Waals surface area contributed by atoms with E-state index < -0.39 is 5.60 Å². The van der Waals surface area contributed by atoms with Gasteiger partial charge in [-0.25, -0.2) is 0 Å². The van der Waals surface area contributed by atoms with E-state index in [1.165, 1.54) is 5.57 Å². The summed E-state index contributed by atoms with van der Waals surface area (Å²) in [5.41, 5.74) is 2.09. The van der Waals surface area contributed by atoms with Gasteiger partial charge in [0.1, 0.15) is 0 Å². The molecule has 0 aliphatic heterocycles. The molecule has 0 heterocycles. The molecule has 2 N–H and O–H groups in total. The lowest BCUT2D eigenvalue weighted by molar-refractivity contribution is -0.131. The summed E-state index contributed by atoms with van der Waals surface area (Å²) in [5, 5.41) is 21.3. The highest BCUT2D eigenvalue weighted by atomic mass is 16.5. The number of hydrogen-bond donors (Lipinski definition) is 2. The fourth-order valence-electron chi connectivity index (χ4n) is 7.21. The van der Waals surface area contributed by atoms with Crippen LogP contribution in [0.2, 0.25) is 0 Å². The molecule has 0 aromatic rings. The van der Waals surface area contributed by atoms with Crippen molar-refractivity contribution in [1.29, 1.82) is 0 Å². The van der Waals surface area contributed by atoms with Crippen molar-refractivity contribution in [3.63, 3.8) is 0 Å². The van der Waals surface area contributed by atoms with Gasteiger partial charge in [-0.3, -0.25) is 0 Å². The lowest BCUT2D eigenvalue weighted by atomic mass is 9.50. The minimum absolute atomic E-state index is 0.0879. The third kappa shape index (κ3) is 1.74. The van der Waals surface area contributed by atoms with E-state index in [9.17, 15) is 10.2 Å². The Morgan fingerprint density at radius 3 is 2.80 bits per heavy atom. The third-order valence-corrected chi connectivity index (χ3v) is 8.78. The number of fused-ring (bicyclic) bond motifs is 7. The maximum atomic E-state index is 11.3. The first-order valence-electron chi connectivity index (χ1n) is 9.88. The van der Waals surface area contributed by atoms with Crippen LogP contribution in [0.5, 0.6) is 0 Å². The highest BCUT2D eigenvalue weighted by Gasteiger charge is 2.74. The molecule has 2 fully saturated rings. The molecule has 2 saturated carbocycles. The van der Waals surface area contributed by atoms with E-state index in [1.54, 1.807) is 12.7 Å². The average molecular weight is 342 g/mol. The van der Waals surface area contributed by atoms with Gasteiger partial charge in [-0.2, -0.15) is 0 Å². The molecule has 0 radical (unpaired) electrons. The molecule has 25 heavy (non-hydrogen) atoms. The monoisotopic (exact) mass is 342 g/mol. The number of allylic oxidation sites excluding steroid dienone is 6. The average Bonchev–Trinajstić information content (AvgIpc) is 3.37. The van der Waals surface area contributed by atoms with Crippen molar-refractivity contribution in [3.8, 4) is 0 Å². The molecule has 0 aromatic heterocycles. The standard InChI is InChI=1S/C22H30O3/c1-20-8-6-14(25-3)10-13(20)4-5-15-17(20)7-9-21(2)19(15)16-11-18(16)22(21,24)12-23/h4,7,10,15-16,18-19,23-24H,5-6,8-9,11-12H2,1-3H3/t15?,16-,18+,19?,20+,21+,22+/m1/s1. The van der Waals surface area contributed by atoms with Crippen molar-refractivity contribution >= 4 is 0 Å². The Bertz CT molecular complexity index is 719. The first kappa shape index (κ1) is 16.1. The summed E-state index contributed by atoms with van der Waals surface area (Å²) in [6.07, 6.45) is 12.3. The largest absolute Gasteiger partial charge is 0.501 e. The van der Waals surface area contributed by atoms with Crippen LogP contribution >= 0.6 is 0 Å². The van der Waals surface area contributed by atoms with Gasteiger partial charge in [0.25, 0.3) is 0 Å². The minimum Gasteiger partial charge on any atom is -0.501 e. The van der Waals surface area contributed by atoms with Crippen molar-refractivity contribution in [3.05, 3.63) is 35.1 Å². The second-order valence-electron chi connectivity index (χ2n) is 9.54. The van der Waals surface area contributed by atoms with Gasteiger partial charge in [0.15, 0.2) is 0 Å². The summed E-state index contributed by atoms with van der Waals surface area (Å²) in [7, 11) is 1.77. The van der Waals surface area contributed by atoms with Crippen LogP contribution in [0.25, 0.3) is 0 Å². The lowest BCUT2D eigenvalue weighted by Gasteiger charge is -2.55. The second-order valence-corrected chi connectivity index (χ2v) is 9.54. The first-order chi connectivity index (χ1) is 11.9. The zero-order valence-corrected chi connectivity index (χ0v) is 15.6. The van der Waals surface area contributed by atoms with E-state index >= 15 is 0 Å². The highest BCUT2D eigenvalue weighted by Crippen LogP contribution is 2.75. The van der Waals surface area contributed by atoms with Crippen molar-refractivity contribution in [2.75, 3.05) is 13.7 Å². The Morgan fingerprint density at radius 1 is 1.28 bits per heavy atom. The van der Waals surface area contributed by atoms with Crippen molar-refractivity contribution < 1.29 is 14.9 Å². The van der Waals surface area contributed by atoms with E-state index in [0.717, 1.165) is 37.9 Å². The molecule has 0 aromatic carbocycles. The van der Waals surface area contributed by atoms with Crippen LogP contribution < -0.4 is 0 Å². The van der Waals surface area contributed by atoms with Gasteiger partial charge in [-0.05, 0) is 61.0 Å². The van der Waals surface area contributed by atoms with Gasteiger partial charge in [-0.1, -0.05) is 31.6 Å². The van der Waals surface area contributed by atoms with E-state index in [2.05, 4.69) is 32.1 Å². The molecule has 0 spiro atoms. The second kappa shape index (κ2) is 4.80. The molecule has 5 aliphatic rings. The van der Waals surface area contributed by atoms with Crippen molar-refractivity contribution in [2.45, 2.75) is 51.6 Å². The molecule has 0 amide bonds. The van der Waals surface area contributed by atoms with Crippen LogP contribution in [-0.4, -0.2) is 29.5 Å². The summed E-state index contributed by atoms with van der Waals surface area (Å²) < 4.78 is 5.51. The molecule has 136 valence electrons. The SMILES string of the molecule is COC1=CC2=CCC3C(=CC[C@@]4(C)C3[C@@H]3C[C@@H]3[C@@]4(O)CO)[C@@]2(C)CC1. The van der Waals surface area contributed by atoms with Gasteiger partial charge in [0, 0.05) is 17.3 Å². The summed E-state index contributed by atoms with van der Waals surface area (Å²) in [6, 6.07) is 0. The van der Waals surface area contributed by atoms with Crippen molar-refractivity contribution in [1.82, 2.24) is 0 Å². The molecule has 3 heteroatoms. The molecule has 5 aliphatic carbocycles. The summed E-state index contributed by atoms with van der Waals surface area (Å²) in [5.74, 6) is 3.05. The number of methoxy groups -OCH3 is 1. The normalized spacial score (nSPS) is 52.8. The molecule has 0 bridgehead atoms. The highest BCUT2D eigenvalue weighted by molar-refractivity contribution is 5.46. The van der Waals surface area contributed by atoms with Gasteiger partial charge in [0.05, 0.1) is 25.1 Å². The maximum absolute atomic E-state index is 11.3. The molecular formula is C22H30O3. The number of aliphatic hydroxyl groups is 2. The van der Waals surface area contributed by atoms with Crippen LogP contribution in [0.3, 0.4) is 0 Å². The summed E-state index contributed by atoms with van der Waals surface area (Å²) >= 11 is 0. The van der Waals surface area contributed by atoms with Crippen LogP contribution in [0, 0.1) is 34.5 Å². The van der Waals surface area contributed by atoms with E-state index in [1.807, 2.05) is 0 Å². The number of hydrogen-bond acceptors (Lipinski definition) is 3. The Kier molecular flexibility index (Phi) is 3.10. The van der Waals surface area contributed by atoms with Gasteiger partial charge in [-0.15, -0.1) is 0 Å². The van der Waals surface area contributed by atoms with Crippen LogP contribution in [0.4, 0.5) is 0 Å². The predicted octanol–water partition coefficient (Wildman–Crippen LogP) is 3.59. The first-order valence-corrected chi connectivity index (χ1v) is 9.88. The van der Waals surface area contributed by atoms with E-state index in [4.69, 9.17) is 4.74 Å². The van der Waals surface area contributed by atoms with Gasteiger partial charge >= 0.3 is 0 Å². The van der Waals surface area contributed by atoms with Gasteiger partial charge < -0.3 is 14.9 Å². The Hall–Kier alpha value is -1.06. The van der Waals surface area contributed by atoms with Crippen LogP contribution in [0.15, 0.2) is 35.1 Å². The number of aliphatic hydroxyl groups excluding tert-OH is 1. The Balaban J connectivity index is 1.58. The zero-order valence-electron chi connectivity index (χ0n) is 15.6. The van der Waals surface area contributed by atoms with Crippen LogP contribution in [0.1, 0.15) is 46.0 Å². The zero-order chi connectivity index (χ0) is 17.6. The molecule has 2 unspecified atom stereocenters. The van der Waals surface area contributed by atoms with E-state index in [0.29, 0.717) is 23.7 Å². The summed E-state index contributed by atoms with van der Waals surface area (Å²) in [4.78, 5) is 0. The maximum Gasteiger partial charge on any atom is 0.0967 e. The molecule has 3 nitrogen and oxygen atoms in total. The smallest absolute Gasteiger partial charge is 0.0967 e. The van der Waals surface area contributed by atoms with E-state index in [-0.39, 0.29) is 17.4 Å². The number of ether oxygens (including phenoxy) is 1. The van der Waals surface area contributed by atoms with Gasteiger partial charge in [0.2, 0.25) is 0 Å². The predicted molar refractivity (Wildman–Crippen MR) is 96.6 cm³/mol.